The van der Waals surface area contributed by atoms with Crippen LogP contribution in [0.3, 0.4) is 0 Å². The van der Waals surface area contributed by atoms with Crippen LogP contribution in [0.2, 0.25) is 0 Å². The lowest BCUT2D eigenvalue weighted by molar-refractivity contribution is 0.0922. The van der Waals surface area contributed by atoms with Crippen molar-refractivity contribution in [1.29, 1.82) is 5.26 Å². The number of nitrogens with zero attached hydrogens (tertiary/aromatic N) is 3. The Labute approximate surface area is 125 Å². The number of aromatic nitrogens is 2. The molecule has 22 heavy (non-hydrogen) atoms. The van der Waals surface area contributed by atoms with Crippen molar-refractivity contribution >= 4 is 11.9 Å². The standard InChI is InChI=1S/C15H12FN5O/c1-7-13-12(21-15(18)19-7)5-11(20-14(13)22)9-2-8(6-17)3-10(16)4-9/h2-4,11H,5H2,1H3,(H,20,22)(H2,18,19,21)/t11-/m1/s1. The molecule has 1 aromatic carbocycles. The number of amides is 1. The van der Waals surface area contributed by atoms with Crippen molar-refractivity contribution < 1.29 is 9.18 Å². The highest BCUT2D eigenvalue weighted by molar-refractivity contribution is 5.97. The van der Waals surface area contributed by atoms with E-state index in [0.29, 0.717) is 28.9 Å². The van der Waals surface area contributed by atoms with Crippen LogP contribution in [0.25, 0.3) is 0 Å². The second-order valence-corrected chi connectivity index (χ2v) is 5.10. The Hall–Kier alpha value is -3.01. The van der Waals surface area contributed by atoms with Crippen molar-refractivity contribution in [3.05, 3.63) is 52.1 Å². The summed E-state index contributed by atoms with van der Waals surface area (Å²) in [5, 5.41) is 11.7. The summed E-state index contributed by atoms with van der Waals surface area (Å²) in [4.78, 5) is 20.3. The fourth-order valence-corrected chi connectivity index (χ4v) is 2.65. The monoisotopic (exact) mass is 297 g/mol. The fraction of sp³-hybridized carbons (Fsp3) is 0.200. The number of fused-ring (bicyclic) bond motifs is 1. The quantitative estimate of drug-likeness (QED) is 0.828. The van der Waals surface area contributed by atoms with Gasteiger partial charge in [0, 0.05) is 6.42 Å². The highest BCUT2D eigenvalue weighted by atomic mass is 19.1. The van der Waals surface area contributed by atoms with Gasteiger partial charge in [-0.2, -0.15) is 5.26 Å². The van der Waals surface area contributed by atoms with E-state index in [9.17, 15) is 9.18 Å². The number of carbonyl (C=O) groups excluding carboxylic acids is 1. The molecule has 0 spiro atoms. The molecule has 0 fully saturated rings. The van der Waals surface area contributed by atoms with Crippen LogP contribution in [0.1, 0.15) is 38.9 Å². The SMILES string of the molecule is Cc1nc(N)nc2c1C(=O)N[C@@H](c1cc(F)cc(C#N)c1)C2. The molecule has 6 nitrogen and oxygen atoms in total. The van der Waals surface area contributed by atoms with E-state index in [0.717, 1.165) is 6.07 Å². The summed E-state index contributed by atoms with van der Waals surface area (Å²) in [5.41, 5.74) is 7.79. The number of hydrogen-bond donors (Lipinski definition) is 2. The predicted molar refractivity (Wildman–Crippen MR) is 76.2 cm³/mol. The van der Waals surface area contributed by atoms with Crippen LogP contribution in [0, 0.1) is 24.1 Å². The first-order chi connectivity index (χ1) is 10.5. The zero-order chi connectivity index (χ0) is 15.9. The van der Waals surface area contributed by atoms with E-state index in [1.165, 1.54) is 6.07 Å². The van der Waals surface area contributed by atoms with Gasteiger partial charge >= 0.3 is 0 Å². The normalized spacial score (nSPS) is 16.6. The molecule has 0 aliphatic carbocycles. The number of hydrogen-bond acceptors (Lipinski definition) is 5. The van der Waals surface area contributed by atoms with Gasteiger partial charge in [0.05, 0.1) is 34.6 Å². The smallest absolute Gasteiger partial charge is 0.255 e. The van der Waals surface area contributed by atoms with E-state index in [1.807, 2.05) is 6.07 Å². The molecule has 7 heteroatoms. The number of nitrogens with one attached hydrogen (secondary N) is 1. The van der Waals surface area contributed by atoms with E-state index < -0.39 is 11.9 Å². The maximum atomic E-state index is 13.6. The zero-order valence-corrected chi connectivity index (χ0v) is 11.7. The minimum Gasteiger partial charge on any atom is -0.368 e. The molecule has 110 valence electrons. The number of nitrogens with two attached hydrogens (primary N) is 1. The fourth-order valence-electron chi connectivity index (χ4n) is 2.65. The van der Waals surface area contributed by atoms with Crippen LogP contribution in [0.4, 0.5) is 10.3 Å². The van der Waals surface area contributed by atoms with Gasteiger partial charge in [0.15, 0.2) is 0 Å². The number of nitrogen functional groups attached to an aromatic ring is 1. The van der Waals surface area contributed by atoms with Gasteiger partial charge in [0.2, 0.25) is 5.95 Å². The highest BCUT2D eigenvalue weighted by Crippen LogP contribution is 2.27. The first kappa shape index (κ1) is 13.9. The number of nitriles is 1. The summed E-state index contributed by atoms with van der Waals surface area (Å²) >= 11 is 0. The molecular formula is C15H12FN5O. The number of rotatable bonds is 1. The van der Waals surface area contributed by atoms with E-state index in [1.54, 1.807) is 13.0 Å². The summed E-state index contributed by atoms with van der Waals surface area (Å²) in [6, 6.07) is 5.43. The zero-order valence-electron chi connectivity index (χ0n) is 11.7. The first-order valence-corrected chi connectivity index (χ1v) is 6.62. The van der Waals surface area contributed by atoms with Crippen LogP contribution in [-0.4, -0.2) is 15.9 Å². The third kappa shape index (κ3) is 2.35. The van der Waals surface area contributed by atoms with Crippen molar-refractivity contribution in [3.8, 4) is 6.07 Å². The van der Waals surface area contributed by atoms with Crippen molar-refractivity contribution in [2.24, 2.45) is 0 Å². The highest BCUT2D eigenvalue weighted by Gasteiger charge is 2.29. The largest absolute Gasteiger partial charge is 0.368 e. The predicted octanol–water partition coefficient (Wildman–Crippen LogP) is 1.41. The average molecular weight is 297 g/mol. The number of benzene rings is 1. The minimum atomic E-state index is -0.521. The van der Waals surface area contributed by atoms with Crippen molar-refractivity contribution in [1.82, 2.24) is 15.3 Å². The molecule has 1 aliphatic heterocycles. The van der Waals surface area contributed by atoms with Gasteiger partial charge in [-0.15, -0.1) is 0 Å². The maximum Gasteiger partial charge on any atom is 0.255 e. The molecule has 0 saturated carbocycles. The van der Waals surface area contributed by atoms with Gasteiger partial charge < -0.3 is 11.1 Å². The summed E-state index contributed by atoms with van der Waals surface area (Å²) < 4.78 is 13.6. The van der Waals surface area contributed by atoms with Crippen LogP contribution < -0.4 is 11.1 Å². The molecule has 0 saturated heterocycles. The van der Waals surface area contributed by atoms with Gasteiger partial charge in [0.25, 0.3) is 5.91 Å². The molecule has 1 atom stereocenters. The van der Waals surface area contributed by atoms with E-state index >= 15 is 0 Å². The van der Waals surface area contributed by atoms with E-state index in [4.69, 9.17) is 11.0 Å². The topological polar surface area (TPSA) is 105 Å². The number of aryl methyl sites for hydroxylation is 1. The molecule has 3 rings (SSSR count). The minimum absolute atomic E-state index is 0.0988. The van der Waals surface area contributed by atoms with Crippen molar-refractivity contribution in [2.45, 2.75) is 19.4 Å². The summed E-state index contributed by atoms with van der Waals surface area (Å²) in [6.07, 6.45) is 0.364. The second kappa shape index (κ2) is 5.07. The lowest BCUT2D eigenvalue weighted by atomic mass is 9.93. The van der Waals surface area contributed by atoms with Crippen LogP contribution in [0.15, 0.2) is 18.2 Å². The third-order valence-electron chi connectivity index (χ3n) is 3.56. The van der Waals surface area contributed by atoms with Gasteiger partial charge in [-0.3, -0.25) is 4.79 Å². The molecule has 0 unspecified atom stereocenters. The van der Waals surface area contributed by atoms with Gasteiger partial charge in [-0.05, 0) is 30.7 Å². The van der Waals surface area contributed by atoms with E-state index in [2.05, 4.69) is 15.3 Å². The molecule has 2 aromatic rings. The number of anilines is 1. The number of halogens is 1. The Morgan fingerprint density at radius 2 is 2.18 bits per heavy atom. The van der Waals surface area contributed by atoms with E-state index in [-0.39, 0.29) is 17.4 Å². The summed E-state index contributed by atoms with van der Waals surface area (Å²) in [7, 11) is 0. The Morgan fingerprint density at radius 1 is 1.41 bits per heavy atom. The average Bonchev–Trinajstić information content (AvgIpc) is 2.45. The Bertz CT molecular complexity index is 827. The Balaban J connectivity index is 2.04. The van der Waals surface area contributed by atoms with Gasteiger partial charge in [-0.1, -0.05) is 0 Å². The Kier molecular flexibility index (Phi) is 3.22. The molecule has 1 amide bonds. The van der Waals surface area contributed by atoms with Crippen LogP contribution >= 0.6 is 0 Å². The lowest BCUT2D eigenvalue weighted by Gasteiger charge is -2.26. The number of carbonyl (C=O) groups is 1. The first-order valence-electron chi connectivity index (χ1n) is 6.62. The molecule has 1 aliphatic rings. The van der Waals surface area contributed by atoms with Gasteiger partial charge in [-0.25, -0.2) is 14.4 Å². The van der Waals surface area contributed by atoms with Gasteiger partial charge in [0.1, 0.15) is 5.82 Å². The molecule has 3 N–H and O–H groups in total. The third-order valence-corrected chi connectivity index (χ3v) is 3.56. The molecule has 0 radical (unpaired) electrons. The van der Waals surface area contributed by atoms with Crippen LogP contribution in [0.5, 0.6) is 0 Å². The second-order valence-electron chi connectivity index (χ2n) is 5.10. The van der Waals surface area contributed by atoms with Crippen molar-refractivity contribution in [3.63, 3.8) is 0 Å². The summed E-state index contributed by atoms with van der Waals surface area (Å²) in [6.45, 7) is 1.69. The maximum absolute atomic E-state index is 13.6. The molecule has 1 aromatic heterocycles. The lowest BCUT2D eigenvalue weighted by Crippen LogP contribution is -2.37. The molecule has 2 heterocycles. The molecule has 0 bridgehead atoms. The van der Waals surface area contributed by atoms with Crippen LogP contribution in [-0.2, 0) is 6.42 Å². The molecular weight excluding hydrogens is 285 g/mol. The van der Waals surface area contributed by atoms with Crippen molar-refractivity contribution in [2.75, 3.05) is 5.73 Å². The summed E-state index contributed by atoms with van der Waals surface area (Å²) in [5.74, 6) is -0.749. The Morgan fingerprint density at radius 3 is 2.91 bits per heavy atom.